The molecule has 2 fully saturated rings. The topological polar surface area (TPSA) is 92.3 Å². The maximum atomic E-state index is 12.3. The van der Waals surface area contributed by atoms with Gasteiger partial charge in [0.2, 0.25) is 0 Å². The molecule has 8 heteroatoms. The first kappa shape index (κ1) is 31.0. The molecule has 4 aromatic carbocycles. The summed E-state index contributed by atoms with van der Waals surface area (Å²) < 4.78 is 18.6. The van der Waals surface area contributed by atoms with Gasteiger partial charge in [0.25, 0.3) is 0 Å². The lowest BCUT2D eigenvalue weighted by atomic mass is 9.99. The Morgan fingerprint density at radius 3 is 2.16 bits per heavy atom. The van der Waals surface area contributed by atoms with Crippen molar-refractivity contribution >= 4 is 6.03 Å². The van der Waals surface area contributed by atoms with Gasteiger partial charge in [0.15, 0.2) is 6.29 Å². The number of morpholine rings is 1. The number of carbonyl (C=O) groups is 1. The number of nitrogens with zero attached hydrogens (tertiary/aromatic N) is 1. The second-order valence-corrected chi connectivity index (χ2v) is 11.6. The van der Waals surface area contributed by atoms with E-state index in [1.807, 2.05) is 66.7 Å². The van der Waals surface area contributed by atoms with Gasteiger partial charge in [-0.1, -0.05) is 97.1 Å². The van der Waals surface area contributed by atoms with E-state index >= 15 is 0 Å². The maximum absolute atomic E-state index is 12.3. The number of urea groups is 1. The molecule has 0 unspecified atom stereocenters. The number of aliphatic hydroxyl groups is 1. The second-order valence-electron chi connectivity index (χ2n) is 11.6. The molecule has 6 rings (SSSR count). The number of ether oxygens (including phenoxy) is 3. The summed E-state index contributed by atoms with van der Waals surface area (Å²) in [5.74, 6) is 0. The number of nitrogens with one attached hydrogen (secondary N) is 2. The highest BCUT2D eigenvalue weighted by Crippen LogP contribution is 2.38. The van der Waals surface area contributed by atoms with Crippen molar-refractivity contribution in [3.05, 3.63) is 131 Å². The summed E-state index contributed by atoms with van der Waals surface area (Å²) in [6.07, 6.45) is 0.163. The summed E-state index contributed by atoms with van der Waals surface area (Å²) in [7, 11) is 0. The minimum Gasteiger partial charge on any atom is -0.392 e. The van der Waals surface area contributed by atoms with Crippen LogP contribution in [0.25, 0.3) is 11.1 Å². The monoisotopic (exact) mass is 607 g/mol. The molecule has 2 aliphatic heterocycles. The molecule has 45 heavy (non-hydrogen) atoms. The third kappa shape index (κ3) is 8.57. The highest BCUT2D eigenvalue weighted by atomic mass is 16.7. The van der Waals surface area contributed by atoms with E-state index in [1.54, 1.807) is 0 Å². The van der Waals surface area contributed by atoms with Crippen molar-refractivity contribution in [1.82, 2.24) is 15.5 Å². The molecule has 8 nitrogen and oxygen atoms in total. The fourth-order valence-corrected chi connectivity index (χ4v) is 5.82. The van der Waals surface area contributed by atoms with Crippen LogP contribution in [0.5, 0.6) is 0 Å². The van der Waals surface area contributed by atoms with E-state index in [4.69, 9.17) is 14.2 Å². The molecule has 2 heterocycles. The number of hydrogen-bond acceptors (Lipinski definition) is 6. The van der Waals surface area contributed by atoms with Crippen molar-refractivity contribution in [2.24, 2.45) is 0 Å². The SMILES string of the molecule is O=C(NCc1ccccc1)NCc1cccc(-c2ccc([C@@H]3O[C@H](CN4CCOCC4)C[C@H](c4ccc(CO)cc4)O3)cc2)c1. The van der Waals surface area contributed by atoms with Gasteiger partial charge in [0.05, 0.1) is 32.0 Å². The lowest BCUT2D eigenvalue weighted by Gasteiger charge is -2.39. The third-order valence-corrected chi connectivity index (χ3v) is 8.37. The Morgan fingerprint density at radius 1 is 0.733 bits per heavy atom. The molecule has 0 saturated carbocycles. The lowest BCUT2D eigenvalue weighted by Crippen LogP contribution is -2.44. The van der Waals surface area contributed by atoms with Crippen LogP contribution in [0.15, 0.2) is 103 Å². The van der Waals surface area contributed by atoms with Crippen LogP contribution in [0.3, 0.4) is 0 Å². The summed E-state index contributed by atoms with van der Waals surface area (Å²) in [6.45, 7) is 5.08. The first-order valence-corrected chi connectivity index (χ1v) is 15.7. The van der Waals surface area contributed by atoms with E-state index in [9.17, 15) is 9.90 Å². The number of hydrogen-bond donors (Lipinski definition) is 3. The van der Waals surface area contributed by atoms with E-state index in [0.717, 1.165) is 78.2 Å². The van der Waals surface area contributed by atoms with Crippen molar-refractivity contribution < 1.29 is 24.1 Å². The zero-order chi connectivity index (χ0) is 30.8. The molecule has 0 aromatic heterocycles. The molecule has 4 aromatic rings. The first-order chi connectivity index (χ1) is 22.1. The Labute approximate surface area is 264 Å². The molecular formula is C37H41N3O5. The number of amides is 2. The number of rotatable bonds is 10. The summed E-state index contributed by atoms with van der Waals surface area (Å²) in [5, 5.41) is 15.3. The standard InChI is InChI=1S/C37H41N3O5/c41-26-28-9-11-31(12-10-28)35-22-34(25-40-17-19-43-20-18-40)44-36(45-35)32-15-13-30(14-16-32)33-8-4-7-29(21-33)24-39-37(42)38-23-27-5-2-1-3-6-27/h1-16,21,34-36,41H,17-20,22-26H2,(H2,38,39,42)/t34-,35+,36+/m0/s1. The number of carbonyl (C=O) groups excluding carboxylic acids is 1. The summed E-state index contributed by atoms with van der Waals surface area (Å²) in [4.78, 5) is 14.7. The van der Waals surface area contributed by atoms with Gasteiger partial charge in [-0.2, -0.15) is 0 Å². The Balaban J connectivity index is 1.10. The largest absolute Gasteiger partial charge is 0.392 e. The van der Waals surface area contributed by atoms with Crippen molar-refractivity contribution in [2.75, 3.05) is 32.8 Å². The molecule has 0 aliphatic carbocycles. The first-order valence-electron chi connectivity index (χ1n) is 15.7. The van der Waals surface area contributed by atoms with Gasteiger partial charge in [0, 0.05) is 44.7 Å². The van der Waals surface area contributed by atoms with Crippen LogP contribution in [0.4, 0.5) is 4.79 Å². The van der Waals surface area contributed by atoms with Crippen molar-refractivity contribution in [3.63, 3.8) is 0 Å². The van der Waals surface area contributed by atoms with Crippen LogP contribution >= 0.6 is 0 Å². The fourth-order valence-electron chi connectivity index (χ4n) is 5.82. The molecular weight excluding hydrogens is 566 g/mol. The minimum atomic E-state index is -0.494. The quantitative estimate of drug-likeness (QED) is 0.214. The van der Waals surface area contributed by atoms with Gasteiger partial charge >= 0.3 is 6.03 Å². The van der Waals surface area contributed by atoms with Crippen LogP contribution in [0, 0.1) is 0 Å². The van der Waals surface area contributed by atoms with Gasteiger partial charge in [-0.05, 0) is 39.4 Å². The summed E-state index contributed by atoms with van der Waals surface area (Å²) in [5.41, 5.74) is 7.16. The molecule has 2 aliphatic rings. The van der Waals surface area contributed by atoms with Crippen molar-refractivity contribution in [3.8, 4) is 11.1 Å². The predicted octanol–water partition coefficient (Wildman–Crippen LogP) is 5.72. The van der Waals surface area contributed by atoms with Gasteiger partial charge < -0.3 is 30.0 Å². The Morgan fingerprint density at radius 2 is 1.42 bits per heavy atom. The Kier molecular flexibility index (Phi) is 10.5. The zero-order valence-corrected chi connectivity index (χ0v) is 25.4. The average molecular weight is 608 g/mol. The highest BCUT2D eigenvalue weighted by molar-refractivity contribution is 5.74. The summed E-state index contributed by atoms with van der Waals surface area (Å²) >= 11 is 0. The molecule has 3 atom stereocenters. The normalized spacial score (nSPS) is 20.4. The molecule has 0 bridgehead atoms. The van der Waals surface area contributed by atoms with Crippen LogP contribution in [0.1, 0.15) is 46.6 Å². The average Bonchev–Trinajstić information content (AvgIpc) is 3.11. The Hall–Kier alpha value is -4.05. The molecule has 2 saturated heterocycles. The fraction of sp³-hybridized carbons (Fsp3) is 0.324. The van der Waals surface area contributed by atoms with E-state index in [0.29, 0.717) is 13.1 Å². The van der Waals surface area contributed by atoms with Gasteiger partial charge in [-0.3, -0.25) is 4.90 Å². The number of aliphatic hydroxyl groups excluding tert-OH is 1. The lowest BCUT2D eigenvalue weighted by molar-refractivity contribution is -0.253. The molecule has 234 valence electrons. The van der Waals surface area contributed by atoms with Gasteiger partial charge in [-0.15, -0.1) is 0 Å². The second kappa shape index (κ2) is 15.3. The zero-order valence-electron chi connectivity index (χ0n) is 25.4. The highest BCUT2D eigenvalue weighted by Gasteiger charge is 2.33. The minimum absolute atomic E-state index is 0.0121. The van der Waals surface area contributed by atoms with Crippen molar-refractivity contribution in [2.45, 2.75) is 44.6 Å². The van der Waals surface area contributed by atoms with Gasteiger partial charge in [-0.25, -0.2) is 4.79 Å². The summed E-state index contributed by atoms with van der Waals surface area (Å²) in [6, 6.07) is 34.2. The molecule has 0 radical (unpaired) electrons. The van der Waals surface area contributed by atoms with Crippen molar-refractivity contribution in [1.29, 1.82) is 0 Å². The maximum Gasteiger partial charge on any atom is 0.315 e. The predicted molar refractivity (Wildman–Crippen MR) is 173 cm³/mol. The van der Waals surface area contributed by atoms with Gasteiger partial charge in [0.1, 0.15) is 0 Å². The van der Waals surface area contributed by atoms with E-state index < -0.39 is 6.29 Å². The Bertz CT molecular complexity index is 1510. The molecule has 2 amide bonds. The van der Waals surface area contributed by atoms with Crippen LogP contribution in [0.2, 0.25) is 0 Å². The molecule has 3 N–H and O–H groups in total. The van der Waals surface area contributed by atoms with E-state index in [-0.39, 0.29) is 24.8 Å². The number of benzene rings is 4. The van der Waals surface area contributed by atoms with Crippen LogP contribution < -0.4 is 10.6 Å². The smallest absolute Gasteiger partial charge is 0.315 e. The van der Waals surface area contributed by atoms with E-state index in [2.05, 4.69) is 51.9 Å². The third-order valence-electron chi connectivity index (χ3n) is 8.37. The van der Waals surface area contributed by atoms with E-state index in [1.165, 1.54) is 0 Å². The van der Waals surface area contributed by atoms with Crippen LogP contribution in [-0.2, 0) is 33.9 Å². The molecule has 0 spiro atoms. The van der Waals surface area contributed by atoms with Crippen LogP contribution in [-0.4, -0.2) is 55.0 Å².